The molecule has 0 saturated heterocycles. The molecule has 3 N–H and O–H groups in total. The van der Waals surface area contributed by atoms with Gasteiger partial charge in [-0.05, 0) is 6.92 Å². The van der Waals surface area contributed by atoms with Gasteiger partial charge in [0.15, 0.2) is 0 Å². The zero-order valence-electron chi connectivity index (χ0n) is 11.9. The number of aromatic nitrogens is 2. The van der Waals surface area contributed by atoms with Gasteiger partial charge < -0.3 is 16.0 Å². The number of aryl methyl sites for hydroxylation is 1. The highest BCUT2D eigenvalue weighted by atomic mass is 16.6. The minimum Gasteiger partial charge on any atom is -0.368 e. The number of carbonyl (C=O) groups excluding carboxylic acids is 1. The van der Waals surface area contributed by atoms with Gasteiger partial charge in [-0.25, -0.2) is 4.98 Å². The second-order valence-corrected chi connectivity index (χ2v) is 4.49. The molecule has 0 radical (unpaired) electrons. The molecule has 20 heavy (non-hydrogen) atoms. The number of anilines is 2. The molecule has 1 atom stereocenters. The molecule has 0 bridgehead atoms. The number of nitro groups is 1. The number of hydrogen-bond acceptors (Lipinski definition) is 7. The molecule has 1 aromatic rings. The van der Waals surface area contributed by atoms with Gasteiger partial charge in [0.1, 0.15) is 5.69 Å². The van der Waals surface area contributed by atoms with E-state index >= 15 is 0 Å². The first-order valence-corrected chi connectivity index (χ1v) is 5.99. The van der Waals surface area contributed by atoms with Crippen molar-refractivity contribution in [3.8, 4) is 0 Å². The molecule has 1 amide bonds. The summed E-state index contributed by atoms with van der Waals surface area (Å²) in [5.41, 5.74) is 5.52. The highest BCUT2D eigenvalue weighted by Crippen LogP contribution is 2.28. The molecule has 1 heterocycles. The molecule has 0 fully saturated rings. The van der Waals surface area contributed by atoms with Crippen molar-refractivity contribution >= 4 is 23.4 Å². The fourth-order valence-corrected chi connectivity index (χ4v) is 1.88. The molecule has 0 saturated carbocycles. The maximum atomic E-state index is 11.5. The number of nitrogen functional groups attached to an aromatic ring is 1. The first kappa shape index (κ1) is 15.6. The van der Waals surface area contributed by atoms with Crippen molar-refractivity contribution in [2.45, 2.75) is 13.8 Å². The summed E-state index contributed by atoms with van der Waals surface area (Å²) in [4.78, 5) is 31.3. The van der Waals surface area contributed by atoms with Gasteiger partial charge in [-0.1, -0.05) is 6.92 Å². The van der Waals surface area contributed by atoms with E-state index in [2.05, 4.69) is 15.3 Å². The maximum absolute atomic E-state index is 11.5. The van der Waals surface area contributed by atoms with E-state index in [0.717, 1.165) is 0 Å². The van der Waals surface area contributed by atoms with Crippen LogP contribution < -0.4 is 16.0 Å². The number of rotatable bonds is 5. The van der Waals surface area contributed by atoms with Crippen molar-refractivity contribution < 1.29 is 9.72 Å². The number of nitrogens with zero attached hydrogens (tertiary/aromatic N) is 4. The molecule has 0 spiro atoms. The Morgan fingerprint density at radius 3 is 2.65 bits per heavy atom. The Morgan fingerprint density at radius 2 is 2.15 bits per heavy atom. The monoisotopic (exact) mass is 282 g/mol. The number of hydrogen-bond donors (Lipinski definition) is 2. The van der Waals surface area contributed by atoms with Crippen LogP contribution in [0.3, 0.4) is 0 Å². The summed E-state index contributed by atoms with van der Waals surface area (Å²) in [5.74, 6) is -0.433. The predicted molar refractivity (Wildman–Crippen MR) is 74.3 cm³/mol. The average molecular weight is 282 g/mol. The van der Waals surface area contributed by atoms with Crippen LogP contribution in [0.1, 0.15) is 12.6 Å². The normalized spacial score (nSPS) is 11.8. The van der Waals surface area contributed by atoms with Crippen molar-refractivity contribution in [3.05, 3.63) is 15.8 Å². The van der Waals surface area contributed by atoms with Gasteiger partial charge in [0.05, 0.1) is 10.8 Å². The SMILES string of the molecule is CNC(=O)C(C)CN(C)c1nc(N)nc(C)c1[N+](=O)[O-]. The summed E-state index contributed by atoms with van der Waals surface area (Å²) in [6.45, 7) is 3.49. The van der Waals surface area contributed by atoms with Gasteiger partial charge in [-0.3, -0.25) is 14.9 Å². The molecule has 9 heteroatoms. The van der Waals surface area contributed by atoms with Crippen LogP contribution in [0.15, 0.2) is 0 Å². The number of amides is 1. The van der Waals surface area contributed by atoms with E-state index < -0.39 is 4.92 Å². The summed E-state index contributed by atoms with van der Waals surface area (Å²) in [7, 11) is 3.15. The second-order valence-electron chi connectivity index (χ2n) is 4.49. The molecule has 1 unspecified atom stereocenters. The lowest BCUT2D eigenvalue weighted by Gasteiger charge is -2.21. The Labute approximate surface area is 116 Å². The van der Waals surface area contributed by atoms with E-state index in [-0.39, 0.29) is 41.5 Å². The molecule has 1 aromatic heterocycles. The third-order valence-electron chi connectivity index (χ3n) is 2.84. The Bertz CT molecular complexity index is 533. The Kier molecular flexibility index (Phi) is 4.78. The van der Waals surface area contributed by atoms with Crippen molar-refractivity contribution in [2.24, 2.45) is 5.92 Å². The van der Waals surface area contributed by atoms with E-state index in [9.17, 15) is 14.9 Å². The Hall–Kier alpha value is -2.45. The molecule has 110 valence electrons. The molecular weight excluding hydrogens is 264 g/mol. The van der Waals surface area contributed by atoms with Crippen LogP contribution in [0, 0.1) is 23.0 Å². The van der Waals surface area contributed by atoms with Gasteiger partial charge >= 0.3 is 5.69 Å². The van der Waals surface area contributed by atoms with E-state index in [1.165, 1.54) is 18.9 Å². The van der Waals surface area contributed by atoms with Gasteiger partial charge in [0, 0.05) is 20.6 Å². The molecular formula is C11H18N6O3. The molecule has 1 rings (SSSR count). The van der Waals surface area contributed by atoms with Crippen molar-refractivity contribution in [1.82, 2.24) is 15.3 Å². The third-order valence-corrected chi connectivity index (χ3v) is 2.84. The van der Waals surface area contributed by atoms with Crippen LogP contribution in [0.4, 0.5) is 17.5 Å². The second kappa shape index (κ2) is 6.13. The van der Waals surface area contributed by atoms with Gasteiger partial charge in [-0.2, -0.15) is 4.98 Å². The lowest BCUT2D eigenvalue weighted by atomic mass is 10.1. The predicted octanol–water partition coefficient (Wildman–Crippen LogP) is 0.0937. The van der Waals surface area contributed by atoms with Crippen molar-refractivity contribution in [2.75, 3.05) is 31.3 Å². The summed E-state index contributed by atoms with van der Waals surface area (Å²) >= 11 is 0. The van der Waals surface area contributed by atoms with Gasteiger partial charge in [0.25, 0.3) is 0 Å². The van der Waals surface area contributed by atoms with E-state index in [0.29, 0.717) is 0 Å². The fraction of sp³-hybridized carbons (Fsp3) is 0.545. The lowest BCUT2D eigenvalue weighted by molar-refractivity contribution is -0.385. The first-order valence-electron chi connectivity index (χ1n) is 5.99. The average Bonchev–Trinajstić information content (AvgIpc) is 2.35. The highest BCUT2D eigenvalue weighted by Gasteiger charge is 2.26. The maximum Gasteiger partial charge on any atom is 0.332 e. The van der Waals surface area contributed by atoms with Crippen LogP contribution in [-0.4, -0.2) is 41.4 Å². The smallest absolute Gasteiger partial charge is 0.332 e. The standard InChI is InChI=1S/C11H18N6O3/c1-6(10(18)13-3)5-16(4)9-8(17(19)20)7(2)14-11(12)15-9/h6H,5H2,1-4H3,(H,13,18)(H2,12,14,15). The number of nitrogens with two attached hydrogens (primary N) is 1. The van der Waals surface area contributed by atoms with Crippen LogP contribution in [0.5, 0.6) is 0 Å². The van der Waals surface area contributed by atoms with Crippen LogP contribution >= 0.6 is 0 Å². The molecule has 9 nitrogen and oxygen atoms in total. The van der Waals surface area contributed by atoms with E-state index in [4.69, 9.17) is 5.73 Å². The van der Waals surface area contributed by atoms with Crippen LogP contribution in [0.25, 0.3) is 0 Å². The number of nitrogens with one attached hydrogen (secondary N) is 1. The zero-order valence-corrected chi connectivity index (χ0v) is 11.9. The Balaban J connectivity index is 3.12. The van der Waals surface area contributed by atoms with Crippen LogP contribution in [0.2, 0.25) is 0 Å². The minimum atomic E-state index is -0.550. The Morgan fingerprint density at radius 1 is 1.55 bits per heavy atom. The summed E-state index contributed by atoms with van der Waals surface area (Å²) in [6.07, 6.45) is 0. The topological polar surface area (TPSA) is 127 Å². The first-order chi connectivity index (χ1) is 9.27. The third kappa shape index (κ3) is 3.31. The molecule has 0 aromatic carbocycles. The zero-order chi connectivity index (χ0) is 15.4. The molecule has 0 aliphatic heterocycles. The van der Waals surface area contributed by atoms with E-state index in [1.807, 2.05) is 0 Å². The fourth-order valence-electron chi connectivity index (χ4n) is 1.88. The largest absolute Gasteiger partial charge is 0.368 e. The van der Waals surface area contributed by atoms with Crippen molar-refractivity contribution in [1.29, 1.82) is 0 Å². The van der Waals surface area contributed by atoms with Gasteiger partial charge in [-0.15, -0.1) is 0 Å². The molecule has 0 aliphatic rings. The van der Waals surface area contributed by atoms with E-state index in [1.54, 1.807) is 14.0 Å². The quantitative estimate of drug-likeness (QED) is 0.578. The summed E-state index contributed by atoms with van der Waals surface area (Å²) in [6, 6.07) is 0. The summed E-state index contributed by atoms with van der Waals surface area (Å²) < 4.78 is 0. The van der Waals surface area contributed by atoms with Gasteiger partial charge in [0.2, 0.25) is 17.7 Å². The van der Waals surface area contributed by atoms with Crippen molar-refractivity contribution in [3.63, 3.8) is 0 Å². The lowest BCUT2D eigenvalue weighted by Crippen LogP contribution is -2.35. The minimum absolute atomic E-state index is 0.0393. The molecule has 0 aliphatic carbocycles. The highest BCUT2D eigenvalue weighted by molar-refractivity contribution is 5.78. The number of carbonyl (C=O) groups is 1. The van der Waals surface area contributed by atoms with Crippen LogP contribution in [-0.2, 0) is 4.79 Å². The summed E-state index contributed by atoms with van der Waals surface area (Å²) in [5, 5.41) is 13.6.